The van der Waals surface area contributed by atoms with Gasteiger partial charge in [0.1, 0.15) is 0 Å². The van der Waals surface area contributed by atoms with Crippen molar-refractivity contribution in [2.75, 3.05) is 46.7 Å². The predicted molar refractivity (Wildman–Crippen MR) is 53.3 cm³/mol. The van der Waals surface area contributed by atoms with Crippen LogP contribution in [0.25, 0.3) is 0 Å². The normalized spacial score (nSPS) is 11.1. The minimum absolute atomic E-state index is 0.0406. The van der Waals surface area contributed by atoms with Crippen molar-refractivity contribution in [3.05, 3.63) is 0 Å². The monoisotopic (exact) mass is 207 g/mol. The van der Waals surface area contributed by atoms with Crippen LogP contribution in [0.2, 0.25) is 0 Å². The summed E-state index contributed by atoms with van der Waals surface area (Å²) in [5.74, 6) is 0. The zero-order chi connectivity index (χ0) is 10.6. The Morgan fingerprint density at radius 3 is 2.43 bits per heavy atom. The molecule has 14 heavy (non-hydrogen) atoms. The number of aliphatic hydroxyl groups excluding tert-OH is 2. The highest BCUT2D eigenvalue weighted by molar-refractivity contribution is 4.62. The molecule has 0 aromatic carbocycles. The van der Waals surface area contributed by atoms with Crippen molar-refractivity contribution in [2.24, 2.45) is 0 Å². The lowest BCUT2D eigenvalue weighted by Crippen LogP contribution is -2.36. The molecule has 0 aliphatic rings. The molecule has 0 saturated heterocycles. The van der Waals surface area contributed by atoms with Gasteiger partial charge in [0.25, 0.3) is 0 Å². The SMILES string of the molecule is COCCOCCCNC(CO)CO. The van der Waals surface area contributed by atoms with Gasteiger partial charge in [-0.25, -0.2) is 0 Å². The average Bonchev–Trinajstić information content (AvgIpc) is 2.22. The molecule has 0 aliphatic carbocycles. The Bertz CT molecular complexity index is 109. The maximum Gasteiger partial charge on any atom is 0.0700 e. The molecule has 5 heteroatoms. The van der Waals surface area contributed by atoms with Gasteiger partial charge in [0, 0.05) is 13.7 Å². The van der Waals surface area contributed by atoms with E-state index in [0.717, 1.165) is 13.0 Å². The third kappa shape index (κ3) is 8.40. The summed E-state index contributed by atoms with van der Waals surface area (Å²) in [6.07, 6.45) is 0.861. The first kappa shape index (κ1) is 13.8. The van der Waals surface area contributed by atoms with Crippen molar-refractivity contribution in [1.29, 1.82) is 0 Å². The highest BCUT2D eigenvalue weighted by Gasteiger charge is 2.02. The Balaban J connectivity index is 3.04. The second kappa shape index (κ2) is 10.9. The summed E-state index contributed by atoms with van der Waals surface area (Å²) in [6, 6.07) is -0.214. The number of methoxy groups -OCH3 is 1. The molecule has 0 fully saturated rings. The molecule has 0 saturated carbocycles. The van der Waals surface area contributed by atoms with Crippen LogP contribution in [0, 0.1) is 0 Å². The molecule has 86 valence electrons. The van der Waals surface area contributed by atoms with Gasteiger partial charge in [-0.1, -0.05) is 0 Å². The van der Waals surface area contributed by atoms with Gasteiger partial charge in [-0.05, 0) is 13.0 Å². The molecule has 0 unspecified atom stereocenters. The topological polar surface area (TPSA) is 71.0 Å². The summed E-state index contributed by atoms with van der Waals surface area (Å²) in [5.41, 5.74) is 0. The molecule has 5 nitrogen and oxygen atoms in total. The number of aliphatic hydroxyl groups is 2. The van der Waals surface area contributed by atoms with Gasteiger partial charge in [-0.15, -0.1) is 0 Å². The van der Waals surface area contributed by atoms with Crippen LogP contribution in [0.1, 0.15) is 6.42 Å². The zero-order valence-corrected chi connectivity index (χ0v) is 8.74. The van der Waals surface area contributed by atoms with Gasteiger partial charge < -0.3 is 25.0 Å². The van der Waals surface area contributed by atoms with Crippen molar-refractivity contribution >= 4 is 0 Å². The minimum atomic E-state index is -0.214. The van der Waals surface area contributed by atoms with E-state index in [4.69, 9.17) is 19.7 Å². The molecular weight excluding hydrogens is 186 g/mol. The van der Waals surface area contributed by atoms with Crippen LogP contribution in [0.4, 0.5) is 0 Å². The van der Waals surface area contributed by atoms with Gasteiger partial charge in [0.05, 0.1) is 32.5 Å². The molecular formula is C9H21NO4. The van der Waals surface area contributed by atoms with Crippen LogP contribution in [-0.4, -0.2) is 62.9 Å². The van der Waals surface area contributed by atoms with Crippen molar-refractivity contribution < 1.29 is 19.7 Å². The molecule has 0 rings (SSSR count). The van der Waals surface area contributed by atoms with Gasteiger partial charge in [0.2, 0.25) is 0 Å². The van der Waals surface area contributed by atoms with Crippen LogP contribution in [0.5, 0.6) is 0 Å². The fourth-order valence-electron chi connectivity index (χ4n) is 0.912. The third-order valence-corrected chi connectivity index (χ3v) is 1.77. The van der Waals surface area contributed by atoms with Gasteiger partial charge in [-0.3, -0.25) is 0 Å². The van der Waals surface area contributed by atoms with E-state index in [1.807, 2.05) is 0 Å². The summed E-state index contributed by atoms with van der Waals surface area (Å²) in [7, 11) is 1.64. The van der Waals surface area contributed by atoms with E-state index in [0.29, 0.717) is 19.8 Å². The van der Waals surface area contributed by atoms with E-state index in [-0.39, 0.29) is 19.3 Å². The van der Waals surface area contributed by atoms with E-state index in [9.17, 15) is 0 Å². The predicted octanol–water partition coefficient (Wildman–Crippen LogP) is -1.02. The zero-order valence-electron chi connectivity index (χ0n) is 8.74. The summed E-state index contributed by atoms with van der Waals surface area (Å²) < 4.78 is 10.0. The maximum absolute atomic E-state index is 8.73. The van der Waals surface area contributed by atoms with Crippen molar-refractivity contribution in [1.82, 2.24) is 5.32 Å². The summed E-state index contributed by atoms with van der Waals surface area (Å²) in [5, 5.41) is 20.5. The minimum Gasteiger partial charge on any atom is -0.395 e. The van der Waals surface area contributed by atoms with Gasteiger partial charge >= 0.3 is 0 Å². The van der Waals surface area contributed by atoms with E-state index in [1.165, 1.54) is 0 Å². The number of ether oxygens (including phenoxy) is 2. The Morgan fingerprint density at radius 2 is 1.86 bits per heavy atom. The lowest BCUT2D eigenvalue weighted by molar-refractivity contribution is 0.0684. The highest BCUT2D eigenvalue weighted by atomic mass is 16.5. The fraction of sp³-hybridized carbons (Fsp3) is 1.00. The second-order valence-corrected chi connectivity index (χ2v) is 2.97. The van der Waals surface area contributed by atoms with E-state index >= 15 is 0 Å². The first-order valence-electron chi connectivity index (χ1n) is 4.87. The molecule has 0 aliphatic heterocycles. The molecule has 0 bridgehead atoms. The van der Waals surface area contributed by atoms with Crippen LogP contribution >= 0.6 is 0 Å². The largest absolute Gasteiger partial charge is 0.395 e. The molecule has 0 radical (unpaired) electrons. The van der Waals surface area contributed by atoms with E-state index in [2.05, 4.69) is 5.32 Å². The molecule has 0 aromatic rings. The van der Waals surface area contributed by atoms with Crippen molar-refractivity contribution in [2.45, 2.75) is 12.5 Å². The lowest BCUT2D eigenvalue weighted by Gasteiger charge is -2.12. The Morgan fingerprint density at radius 1 is 1.14 bits per heavy atom. The Kier molecular flexibility index (Phi) is 10.7. The second-order valence-electron chi connectivity index (χ2n) is 2.97. The maximum atomic E-state index is 8.73. The molecule has 0 atom stereocenters. The summed E-state index contributed by atoms with van der Waals surface area (Å²) in [4.78, 5) is 0. The Labute approximate surface area is 85.0 Å². The van der Waals surface area contributed by atoms with Crippen LogP contribution in [0.3, 0.4) is 0 Å². The van der Waals surface area contributed by atoms with Crippen molar-refractivity contribution in [3.8, 4) is 0 Å². The van der Waals surface area contributed by atoms with Gasteiger partial charge in [-0.2, -0.15) is 0 Å². The third-order valence-electron chi connectivity index (χ3n) is 1.77. The number of rotatable bonds is 10. The van der Waals surface area contributed by atoms with Crippen molar-refractivity contribution in [3.63, 3.8) is 0 Å². The number of hydrogen-bond acceptors (Lipinski definition) is 5. The molecule has 3 N–H and O–H groups in total. The molecule has 0 spiro atoms. The first-order chi connectivity index (χ1) is 6.85. The smallest absolute Gasteiger partial charge is 0.0700 e. The Hall–Kier alpha value is -0.200. The van der Waals surface area contributed by atoms with Gasteiger partial charge in [0.15, 0.2) is 0 Å². The lowest BCUT2D eigenvalue weighted by atomic mass is 10.3. The van der Waals surface area contributed by atoms with E-state index in [1.54, 1.807) is 7.11 Å². The van der Waals surface area contributed by atoms with E-state index < -0.39 is 0 Å². The summed E-state index contributed by atoms with van der Waals surface area (Å²) >= 11 is 0. The first-order valence-corrected chi connectivity index (χ1v) is 4.87. The molecule has 0 heterocycles. The molecule has 0 amide bonds. The standard InChI is InChI=1S/C9H21NO4/c1-13-5-6-14-4-2-3-10-9(7-11)8-12/h9-12H,2-8H2,1H3. The molecule has 0 aromatic heterocycles. The van der Waals surface area contributed by atoms with Crippen LogP contribution < -0.4 is 5.32 Å². The highest BCUT2D eigenvalue weighted by Crippen LogP contribution is 1.84. The quantitative estimate of drug-likeness (QED) is 0.400. The van der Waals surface area contributed by atoms with Crippen LogP contribution in [-0.2, 0) is 9.47 Å². The number of nitrogens with one attached hydrogen (secondary N) is 1. The van der Waals surface area contributed by atoms with Crippen LogP contribution in [0.15, 0.2) is 0 Å². The summed E-state index contributed by atoms with van der Waals surface area (Å²) in [6.45, 7) is 2.55. The number of hydrogen-bond donors (Lipinski definition) is 3. The fourth-order valence-corrected chi connectivity index (χ4v) is 0.912. The average molecular weight is 207 g/mol.